The van der Waals surface area contributed by atoms with Gasteiger partial charge in [0.2, 0.25) is 0 Å². The van der Waals surface area contributed by atoms with Gasteiger partial charge < -0.3 is 20.4 Å². The van der Waals surface area contributed by atoms with Crippen molar-refractivity contribution in [3.05, 3.63) is 109 Å². The lowest BCUT2D eigenvalue weighted by Crippen LogP contribution is -1.87. The molecule has 6 aromatic rings. The van der Waals surface area contributed by atoms with Crippen LogP contribution in [0, 0.1) is 6.92 Å². The molecule has 0 unspecified atom stereocenters. The number of aliphatic hydroxyl groups is 1. The van der Waals surface area contributed by atoms with Crippen LogP contribution in [-0.2, 0) is 6.61 Å². The molecule has 6 rings (SSSR count). The van der Waals surface area contributed by atoms with Crippen LogP contribution in [0.4, 0.5) is 0 Å². The van der Waals surface area contributed by atoms with Gasteiger partial charge in [0.25, 0.3) is 0 Å². The predicted molar refractivity (Wildman–Crippen MR) is 141 cm³/mol. The summed E-state index contributed by atoms with van der Waals surface area (Å²) < 4.78 is 0. The summed E-state index contributed by atoms with van der Waals surface area (Å²) in [6, 6.07) is 25.2. The van der Waals surface area contributed by atoms with E-state index in [0.717, 1.165) is 27.4 Å². The lowest BCUT2D eigenvalue weighted by atomic mass is 10.1. The van der Waals surface area contributed by atoms with E-state index in [9.17, 15) is 15.3 Å². The van der Waals surface area contributed by atoms with Crippen molar-refractivity contribution < 1.29 is 20.4 Å². The van der Waals surface area contributed by atoms with Gasteiger partial charge in [0.05, 0.1) is 6.61 Å². The lowest BCUT2D eigenvalue weighted by Gasteiger charge is -2.03. The fourth-order valence-corrected chi connectivity index (χ4v) is 3.67. The maximum atomic E-state index is 9.45. The minimum absolute atomic E-state index is 0.0392. The van der Waals surface area contributed by atoms with Gasteiger partial charge in [0, 0.05) is 34.2 Å². The number of phenols is 3. The number of benzene rings is 3. The van der Waals surface area contributed by atoms with Crippen LogP contribution in [0.3, 0.4) is 0 Å². The van der Waals surface area contributed by atoms with Gasteiger partial charge in [-0.1, -0.05) is 48.5 Å². The summed E-state index contributed by atoms with van der Waals surface area (Å²) in [5, 5.41) is 39.9. The van der Waals surface area contributed by atoms with Gasteiger partial charge in [-0.15, -0.1) is 0 Å². The number of nitrogens with zero attached hydrogens (tertiary/aromatic N) is 3. The number of rotatable bonds is 1. The fourth-order valence-electron chi connectivity index (χ4n) is 3.67. The Morgan fingerprint density at radius 1 is 0.583 bits per heavy atom. The zero-order valence-corrected chi connectivity index (χ0v) is 19.6. The van der Waals surface area contributed by atoms with Crippen LogP contribution in [0.5, 0.6) is 17.2 Å². The average molecular weight is 480 g/mol. The Bertz CT molecular complexity index is 1630. The highest BCUT2D eigenvalue weighted by atomic mass is 16.3. The van der Waals surface area contributed by atoms with Crippen LogP contribution in [0.15, 0.2) is 97.3 Å². The molecule has 3 heterocycles. The van der Waals surface area contributed by atoms with Crippen LogP contribution < -0.4 is 0 Å². The molecule has 0 spiro atoms. The minimum Gasteiger partial charge on any atom is -0.506 e. The molecule has 0 aliphatic heterocycles. The first-order valence-corrected chi connectivity index (χ1v) is 11.2. The van der Waals surface area contributed by atoms with Crippen LogP contribution in [0.2, 0.25) is 0 Å². The first-order valence-electron chi connectivity index (χ1n) is 11.2. The van der Waals surface area contributed by atoms with E-state index in [1.807, 2.05) is 55.5 Å². The largest absolute Gasteiger partial charge is 0.506 e. The summed E-state index contributed by atoms with van der Waals surface area (Å²) in [5.41, 5.74) is 3.58. The number of aromatic hydroxyl groups is 3. The summed E-state index contributed by atoms with van der Waals surface area (Å²) in [7, 11) is 0. The van der Waals surface area contributed by atoms with Gasteiger partial charge in [-0.2, -0.15) is 0 Å². The zero-order chi connectivity index (χ0) is 25.5. The molecule has 0 bridgehead atoms. The van der Waals surface area contributed by atoms with E-state index in [4.69, 9.17) is 5.11 Å². The second-order valence-corrected chi connectivity index (χ2v) is 7.96. The average Bonchev–Trinajstić information content (AvgIpc) is 2.91. The highest BCUT2D eigenvalue weighted by Gasteiger charge is 2.04. The standard InChI is InChI=1S/C10H9NO2.C10H9NO.C9H7NO/c12-6-7-3-4-9(13)10-8(7)2-1-5-11-10;1-7-5-6-8-3-2-4-9(12)10(8)11-7;11-8-5-1-3-7-4-2-6-10-9(7)8/h1-5,12-13H,6H2;2-6,12H,1H3;1-6,11H. The second-order valence-electron chi connectivity index (χ2n) is 7.96. The van der Waals surface area contributed by atoms with Crippen molar-refractivity contribution in [3.63, 3.8) is 0 Å². The van der Waals surface area contributed by atoms with Crippen LogP contribution in [0.25, 0.3) is 32.7 Å². The zero-order valence-electron chi connectivity index (χ0n) is 19.6. The summed E-state index contributed by atoms with van der Waals surface area (Å²) in [6.07, 6.45) is 3.28. The van der Waals surface area contributed by atoms with Crippen LogP contribution in [0.1, 0.15) is 11.3 Å². The molecule has 0 aliphatic rings. The molecule has 180 valence electrons. The van der Waals surface area contributed by atoms with Crippen molar-refractivity contribution in [1.29, 1.82) is 0 Å². The van der Waals surface area contributed by atoms with Gasteiger partial charge in [-0.05, 0) is 48.9 Å². The van der Waals surface area contributed by atoms with Crippen molar-refractivity contribution in [2.45, 2.75) is 13.5 Å². The number of para-hydroxylation sites is 2. The van der Waals surface area contributed by atoms with Gasteiger partial charge >= 0.3 is 0 Å². The molecular formula is C29H25N3O4. The number of fused-ring (bicyclic) bond motifs is 3. The van der Waals surface area contributed by atoms with E-state index in [0.29, 0.717) is 16.6 Å². The third kappa shape index (κ3) is 5.48. The van der Waals surface area contributed by atoms with Crippen molar-refractivity contribution in [2.24, 2.45) is 0 Å². The fraction of sp³-hybridized carbons (Fsp3) is 0.0690. The molecule has 7 heteroatoms. The molecule has 0 atom stereocenters. The van der Waals surface area contributed by atoms with E-state index in [2.05, 4.69) is 15.0 Å². The summed E-state index contributed by atoms with van der Waals surface area (Å²) in [4.78, 5) is 12.3. The Hall–Kier alpha value is -4.75. The number of hydrogen-bond acceptors (Lipinski definition) is 7. The number of aryl methyl sites for hydroxylation is 1. The van der Waals surface area contributed by atoms with Crippen LogP contribution in [-0.4, -0.2) is 35.4 Å². The van der Waals surface area contributed by atoms with E-state index >= 15 is 0 Å². The highest BCUT2D eigenvalue weighted by Crippen LogP contribution is 2.25. The molecule has 4 N–H and O–H groups in total. The van der Waals surface area contributed by atoms with Crippen molar-refractivity contribution in [3.8, 4) is 17.2 Å². The highest BCUT2D eigenvalue weighted by molar-refractivity contribution is 5.87. The van der Waals surface area contributed by atoms with Gasteiger partial charge in [0.15, 0.2) is 0 Å². The molecule has 0 fully saturated rings. The number of phenolic OH excluding ortho intramolecular Hbond substituents is 3. The third-order valence-electron chi connectivity index (χ3n) is 5.46. The summed E-state index contributed by atoms with van der Waals surface area (Å²) in [6.45, 7) is 1.87. The molecule has 7 nitrogen and oxygen atoms in total. The van der Waals surface area contributed by atoms with Crippen molar-refractivity contribution in [2.75, 3.05) is 0 Å². The van der Waals surface area contributed by atoms with E-state index < -0.39 is 0 Å². The first-order chi connectivity index (χ1) is 17.5. The quantitative estimate of drug-likeness (QED) is 0.242. The number of aromatic nitrogens is 3. The minimum atomic E-state index is -0.0392. The molecule has 0 aliphatic carbocycles. The number of pyridine rings is 3. The Balaban J connectivity index is 0.000000127. The Kier molecular flexibility index (Phi) is 7.53. The molecule has 0 radical (unpaired) electrons. The first kappa shape index (κ1) is 24.4. The van der Waals surface area contributed by atoms with Gasteiger partial charge in [0.1, 0.15) is 33.8 Å². The van der Waals surface area contributed by atoms with E-state index in [1.54, 1.807) is 48.8 Å². The molecule has 0 amide bonds. The monoisotopic (exact) mass is 479 g/mol. The normalized spacial score (nSPS) is 10.4. The Morgan fingerprint density at radius 3 is 1.86 bits per heavy atom. The predicted octanol–water partition coefficient (Wildman–Crippen LogP) is 5.62. The molecule has 36 heavy (non-hydrogen) atoms. The van der Waals surface area contributed by atoms with Crippen LogP contribution >= 0.6 is 0 Å². The molecule has 0 saturated heterocycles. The Labute approximate surface area is 207 Å². The number of hydrogen-bond donors (Lipinski definition) is 4. The third-order valence-corrected chi connectivity index (χ3v) is 5.46. The Morgan fingerprint density at radius 2 is 1.17 bits per heavy atom. The lowest BCUT2D eigenvalue weighted by molar-refractivity contribution is 0.283. The van der Waals surface area contributed by atoms with Gasteiger partial charge in [-0.3, -0.25) is 9.97 Å². The molecule has 3 aromatic carbocycles. The second kappa shape index (κ2) is 11.1. The SMILES string of the molecule is Cc1ccc2cccc(O)c2n1.OCc1ccc(O)c2ncccc12.Oc1cccc2cccnc12. The van der Waals surface area contributed by atoms with Crippen molar-refractivity contribution >= 4 is 32.7 Å². The van der Waals surface area contributed by atoms with E-state index in [-0.39, 0.29) is 23.9 Å². The maximum Gasteiger partial charge on any atom is 0.141 e. The summed E-state index contributed by atoms with van der Waals surface area (Å²) >= 11 is 0. The summed E-state index contributed by atoms with van der Waals surface area (Å²) in [5.74, 6) is 0.632. The smallest absolute Gasteiger partial charge is 0.141 e. The van der Waals surface area contributed by atoms with E-state index in [1.165, 1.54) is 0 Å². The number of aliphatic hydroxyl groups excluding tert-OH is 1. The molecule has 3 aromatic heterocycles. The van der Waals surface area contributed by atoms with Crippen molar-refractivity contribution in [1.82, 2.24) is 15.0 Å². The topological polar surface area (TPSA) is 120 Å². The molecule has 0 saturated carbocycles. The maximum absolute atomic E-state index is 9.45. The van der Waals surface area contributed by atoms with Gasteiger partial charge in [-0.25, -0.2) is 4.98 Å². The molecular weight excluding hydrogens is 454 g/mol.